The first-order valence-corrected chi connectivity index (χ1v) is 6.47. The van der Waals surface area contributed by atoms with Crippen molar-refractivity contribution < 1.29 is 9.90 Å². The molecule has 0 saturated carbocycles. The Morgan fingerprint density at radius 1 is 1.47 bits per heavy atom. The van der Waals surface area contributed by atoms with E-state index >= 15 is 0 Å². The minimum absolute atomic E-state index is 0.477. The first-order valence-electron chi connectivity index (χ1n) is 5.68. The molecule has 0 spiro atoms. The van der Waals surface area contributed by atoms with E-state index in [9.17, 15) is 4.79 Å². The normalized spacial score (nSPS) is 12.5. The summed E-state index contributed by atoms with van der Waals surface area (Å²) in [5, 5.41) is 12.0. The van der Waals surface area contributed by atoms with Gasteiger partial charge in [-0.15, -0.1) is 0 Å². The first-order chi connectivity index (χ1) is 7.97. The second-order valence-corrected chi connectivity index (χ2v) is 4.95. The summed E-state index contributed by atoms with van der Waals surface area (Å²) in [6.07, 6.45) is 0.585. The molecule has 0 heterocycles. The molecule has 0 aromatic heterocycles. The smallest absolute Gasteiger partial charge is 0.320 e. The van der Waals surface area contributed by atoms with Crippen LogP contribution in [-0.2, 0) is 11.3 Å². The third kappa shape index (κ3) is 3.54. The maximum absolute atomic E-state index is 10.9. The molecule has 0 bridgehead atoms. The minimum atomic E-state index is -0.795. The van der Waals surface area contributed by atoms with Crippen LogP contribution in [0.5, 0.6) is 0 Å². The predicted molar refractivity (Wildman–Crippen MR) is 72.2 cm³/mol. The lowest BCUT2D eigenvalue weighted by molar-refractivity contribution is -0.139. The van der Waals surface area contributed by atoms with Gasteiger partial charge in [0, 0.05) is 11.0 Å². The van der Waals surface area contributed by atoms with E-state index in [0.717, 1.165) is 15.6 Å². The van der Waals surface area contributed by atoms with Gasteiger partial charge in [-0.2, -0.15) is 0 Å². The number of carboxylic acid groups (broad SMARTS) is 1. The highest BCUT2D eigenvalue weighted by molar-refractivity contribution is 9.10. The fourth-order valence-electron chi connectivity index (χ4n) is 1.69. The Bertz CT molecular complexity index is 418. The average molecular weight is 300 g/mol. The van der Waals surface area contributed by atoms with Gasteiger partial charge in [-0.1, -0.05) is 35.0 Å². The van der Waals surface area contributed by atoms with Crippen LogP contribution in [-0.4, -0.2) is 17.1 Å². The maximum Gasteiger partial charge on any atom is 0.320 e. The van der Waals surface area contributed by atoms with Crippen LogP contribution in [0.2, 0.25) is 0 Å². The number of hydrogen-bond donors (Lipinski definition) is 2. The average Bonchev–Trinajstić information content (AvgIpc) is 2.29. The van der Waals surface area contributed by atoms with Crippen LogP contribution in [0.25, 0.3) is 0 Å². The Morgan fingerprint density at radius 2 is 2.12 bits per heavy atom. The topological polar surface area (TPSA) is 49.3 Å². The van der Waals surface area contributed by atoms with Crippen LogP contribution >= 0.6 is 15.9 Å². The van der Waals surface area contributed by atoms with E-state index in [-0.39, 0.29) is 0 Å². The molecule has 4 heteroatoms. The third-order valence-electron chi connectivity index (χ3n) is 2.94. The lowest BCUT2D eigenvalue weighted by Crippen LogP contribution is -2.35. The highest BCUT2D eigenvalue weighted by atomic mass is 79.9. The van der Waals surface area contributed by atoms with Gasteiger partial charge in [0.05, 0.1) is 0 Å². The van der Waals surface area contributed by atoms with Crippen LogP contribution in [0.15, 0.2) is 16.6 Å². The van der Waals surface area contributed by atoms with E-state index in [1.165, 1.54) is 5.56 Å². The van der Waals surface area contributed by atoms with E-state index < -0.39 is 12.0 Å². The Kier molecular flexibility index (Phi) is 5.15. The van der Waals surface area contributed by atoms with Gasteiger partial charge in [-0.25, -0.2) is 0 Å². The molecule has 1 atom stereocenters. The molecule has 0 aliphatic carbocycles. The van der Waals surface area contributed by atoms with Crippen molar-refractivity contribution in [2.45, 2.75) is 39.8 Å². The summed E-state index contributed by atoms with van der Waals surface area (Å²) >= 11 is 3.54. The van der Waals surface area contributed by atoms with Crippen LogP contribution in [0, 0.1) is 13.8 Å². The zero-order valence-electron chi connectivity index (χ0n) is 10.4. The number of halogens is 1. The number of rotatable bonds is 5. The van der Waals surface area contributed by atoms with Crippen molar-refractivity contribution in [2.24, 2.45) is 0 Å². The van der Waals surface area contributed by atoms with Crippen LogP contribution in [0.3, 0.4) is 0 Å². The summed E-state index contributed by atoms with van der Waals surface area (Å²) < 4.78 is 1.10. The molecule has 1 rings (SSSR count). The van der Waals surface area contributed by atoms with Gasteiger partial charge < -0.3 is 10.4 Å². The Labute approximate surface area is 110 Å². The number of carboxylic acids is 1. The highest BCUT2D eigenvalue weighted by Crippen LogP contribution is 2.23. The second kappa shape index (κ2) is 6.17. The van der Waals surface area contributed by atoms with Crippen molar-refractivity contribution in [3.8, 4) is 0 Å². The van der Waals surface area contributed by atoms with E-state index in [4.69, 9.17) is 5.11 Å². The molecule has 94 valence electrons. The monoisotopic (exact) mass is 299 g/mol. The number of nitrogens with one attached hydrogen (secondary N) is 1. The standard InChI is InChI=1S/C13H18BrNO2/c1-4-11(13(16)17)15-7-10-6-5-8(2)12(14)9(10)3/h5-6,11,15H,4,7H2,1-3H3,(H,16,17). The predicted octanol–water partition coefficient (Wildman–Crippen LogP) is 3.02. The van der Waals surface area contributed by atoms with E-state index in [2.05, 4.69) is 21.2 Å². The molecular weight excluding hydrogens is 282 g/mol. The molecule has 1 aromatic rings. The van der Waals surface area contributed by atoms with Crippen molar-refractivity contribution in [3.05, 3.63) is 33.3 Å². The highest BCUT2D eigenvalue weighted by Gasteiger charge is 2.14. The fourth-order valence-corrected chi connectivity index (χ4v) is 2.08. The summed E-state index contributed by atoms with van der Waals surface area (Å²) in [6, 6.07) is 3.60. The summed E-state index contributed by atoms with van der Waals surface area (Å²) in [7, 11) is 0. The number of aryl methyl sites for hydroxylation is 1. The molecule has 2 N–H and O–H groups in total. The molecule has 1 aromatic carbocycles. The van der Waals surface area contributed by atoms with E-state index in [1.807, 2.05) is 32.9 Å². The molecule has 0 amide bonds. The molecular formula is C13H18BrNO2. The van der Waals surface area contributed by atoms with Crippen LogP contribution in [0.4, 0.5) is 0 Å². The Balaban J connectivity index is 2.76. The Hall–Kier alpha value is -0.870. The van der Waals surface area contributed by atoms with Gasteiger partial charge in [-0.3, -0.25) is 4.79 Å². The number of carbonyl (C=O) groups is 1. The van der Waals surface area contributed by atoms with Gasteiger partial charge in [-0.05, 0) is 37.0 Å². The van der Waals surface area contributed by atoms with Crippen LogP contribution < -0.4 is 5.32 Å². The van der Waals surface area contributed by atoms with Crippen molar-refractivity contribution in [1.82, 2.24) is 5.32 Å². The third-order valence-corrected chi connectivity index (χ3v) is 4.16. The minimum Gasteiger partial charge on any atom is -0.480 e. The SMILES string of the molecule is CCC(NCc1ccc(C)c(Br)c1C)C(=O)O. The molecule has 0 aliphatic rings. The summed E-state index contributed by atoms with van der Waals surface area (Å²) in [5.41, 5.74) is 3.48. The van der Waals surface area contributed by atoms with Crippen molar-refractivity contribution in [1.29, 1.82) is 0 Å². The van der Waals surface area contributed by atoms with Gasteiger partial charge in [0.25, 0.3) is 0 Å². The number of hydrogen-bond acceptors (Lipinski definition) is 2. The summed E-state index contributed by atoms with van der Waals surface area (Å²) in [6.45, 7) is 6.52. The fraction of sp³-hybridized carbons (Fsp3) is 0.462. The molecule has 3 nitrogen and oxygen atoms in total. The van der Waals surface area contributed by atoms with Crippen molar-refractivity contribution in [3.63, 3.8) is 0 Å². The molecule has 0 saturated heterocycles. The van der Waals surface area contributed by atoms with E-state index in [0.29, 0.717) is 13.0 Å². The van der Waals surface area contributed by atoms with Gasteiger partial charge in [0.2, 0.25) is 0 Å². The van der Waals surface area contributed by atoms with Crippen LogP contribution in [0.1, 0.15) is 30.0 Å². The Morgan fingerprint density at radius 3 is 2.65 bits per heavy atom. The van der Waals surface area contributed by atoms with Crippen molar-refractivity contribution in [2.75, 3.05) is 0 Å². The first kappa shape index (κ1) is 14.2. The van der Waals surface area contributed by atoms with Gasteiger partial charge >= 0.3 is 5.97 Å². The summed E-state index contributed by atoms with van der Waals surface area (Å²) in [4.78, 5) is 10.9. The molecule has 1 unspecified atom stereocenters. The molecule has 0 radical (unpaired) electrons. The van der Waals surface area contributed by atoms with Gasteiger partial charge in [0.1, 0.15) is 6.04 Å². The lowest BCUT2D eigenvalue weighted by Gasteiger charge is -2.15. The lowest BCUT2D eigenvalue weighted by atomic mass is 10.1. The molecule has 0 fully saturated rings. The van der Waals surface area contributed by atoms with E-state index in [1.54, 1.807) is 0 Å². The zero-order valence-corrected chi connectivity index (χ0v) is 12.0. The zero-order chi connectivity index (χ0) is 13.0. The number of benzene rings is 1. The summed E-state index contributed by atoms with van der Waals surface area (Å²) in [5.74, 6) is -0.795. The molecule has 17 heavy (non-hydrogen) atoms. The largest absolute Gasteiger partial charge is 0.480 e. The molecule has 0 aliphatic heterocycles. The maximum atomic E-state index is 10.9. The quantitative estimate of drug-likeness (QED) is 0.879. The van der Waals surface area contributed by atoms with Crippen molar-refractivity contribution >= 4 is 21.9 Å². The van der Waals surface area contributed by atoms with Gasteiger partial charge in [0.15, 0.2) is 0 Å². The second-order valence-electron chi connectivity index (χ2n) is 4.16. The number of aliphatic carboxylic acids is 1.